The molecule has 21 heavy (non-hydrogen) atoms. The van der Waals surface area contributed by atoms with Gasteiger partial charge >= 0.3 is 0 Å². The summed E-state index contributed by atoms with van der Waals surface area (Å²) in [6.07, 6.45) is 3.48. The Balaban J connectivity index is 0.00000220. The number of nitrogens with two attached hydrogens (primary N) is 1. The van der Waals surface area contributed by atoms with E-state index in [4.69, 9.17) is 17.3 Å². The number of amides is 1. The molecule has 0 bridgehead atoms. The van der Waals surface area contributed by atoms with Gasteiger partial charge in [0.05, 0.1) is 16.6 Å². The first-order valence-electron chi connectivity index (χ1n) is 6.35. The second kappa shape index (κ2) is 7.45. The lowest BCUT2D eigenvalue weighted by Gasteiger charge is -2.16. The molecule has 0 aliphatic carbocycles. The minimum Gasteiger partial charge on any atom is -0.327 e. The summed E-state index contributed by atoms with van der Waals surface area (Å²) in [5, 5.41) is 7.43. The number of carbonyl (C=O) groups excluding carboxylic acids is 1. The summed E-state index contributed by atoms with van der Waals surface area (Å²) in [6, 6.07) is 6.91. The number of hydrogen-bond donors (Lipinski definition) is 2. The summed E-state index contributed by atoms with van der Waals surface area (Å²) in [7, 11) is 0. The van der Waals surface area contributed by atoms with E-state index in [2.05, 4.69) is 10.4 Å². The zero-order valence-corrected chi connectivity index (χ0v) is 13.4. The van der Waals surface area contributed by atoms with Crippen molar-refractivity contribution < 1.29 is 4.79 Å². The van der Waals surface area contributed by atoms with E-state index < -0.39 is 0 Å². The molecule has 1 amide bonds. The Hall–Kier alpha value is -1.56. The van der Waals surface area contributed by atoms with Gasteiger partial charge in [0.25, 0.3) is 0 Å². The van der Waals surface area contributed by atoms with Crippen LogP contribution in [0.3, 0.4) is 0 Å². The summed E-state index contributed by atoms with van der Waals surface area (Å²) in [6.45, 7) is 3.59. The van der Waals surface area contributed by atoms with Gasteiger partial charge in [-0.25, -0.2) is 4.68 Å². The molecule has 0 aliphatic heterocycles. The summed E-state index contributed by atoms with van der Waals surface area (Å²) >= 11 is 6.21. The molecule has 2 rings (SSSR count). The fourth-order valence-corrected chi connectivity index (χ4v) is 1.94. The van der Waals surface area contributed by atoms with E-state index in [1.54, 1.807) is 43.1 Å². The SMILES string of the molecule is CC(N)C(C)C(=O)Nc1ccc(-n2cccn2)c(Cl)c1.Cl. The van der Waals surface area contributed by atoms with Crippen molar-refractivity contribution >= 4 is 35.6 Å². The summed E-state index contributed by atoms with van der Waals surface area (Å²) in [5.74, 6) is -0.387. The Bertz CT molecular complexity index is 599. The van der Waals surface area contributed by atoms with Crippen molar-refractivity contribution in [3.63, 3.8) is 0 Å². The predicted octanol–water partition coefficient (Wildman–Crippen LogP) is 2.87. The fourth-order valence-electron chi connectivity index (χ4n) is 1.68. The van der Waals surface area contributed by atoms with Crippen molar-refractivity contribution in [2.75, 3.05) is 5.32 Å². The zero-order valence-electron chi connectivity index (χ0n) is 11.8. The molecular weight excluding hydrogens is 311 g/mol. The van der Waals surface area contributed by atoms with E-state index in [0.717, 1.165) is 5.69 Å². The van der Waals surface area contributed by atoms with Crippen molar-refractivity contribution in [2.45, 2.75) is 19.9 Å². The number of nitrogens with one attached hydrogen (secondary N) is 1. The number of rotatable bonds is 4. The van der Waals surface area contributed by atoms with Gasteiger partial charge in [-0.05, 0) is 31.2 Å². The van der Waals surface area contributed by atoms with Crippen LogP contribution in [0.4, 0.5) is 5.69 Å². The molecule has 0 aliphatic rings. The monoisotopic (exact) mass is 328 g/mol. The lowest BCUT2D eigenvalue weighted by Crippen LogP contribution is -2.34. The number of hydrogen-bond acceptors (Lipinski definition) is 3. The Kier molecular flexibility index (Phi) is 6.20. The average Bonchev–Trinajstić information content (AvgIpc) is 2.91. The quantitative estimate of drug-likeness (QED) is 0.906. The van der Waals surface area contributed by atoms with Gasteiger partial charge < -0.3 is 11.1 Å². The Labute approximate surface area is 134 Å². The van der Waals surface area contributed by atoms with Gasteiger partial charge in [-0.2, -0.15) is 5.10 Å². The van der Waals surface area contributed by atoms with E-state index in [1.807, 2.05) is 12.1 Å². The molecule has 0 radical (unpaired) electrons. The third-order valence-corrected chi connectivity index (χ3v) is 3.47. The van der Waals surface area contributed by atoms with Gasteiger partial charge in [0, 0.05) is 24.1 Å². The maximum atomic E-state index is 11.9. The third-order valence-electron chi connectivity index (χ3n) is 3.17. The molecule has 1 aromatic carbocycles. The van der Waals surface area contributed by atoms with Gasteiger partial charge in [0.2, 0.25) is 5.91 Å². The van der Waals surface area contributed by atoms with Crippen LogP contribution in [0.5, 0.6) is 0 Å². The smallest absolute Gasteiger partial charge is 0.228 e. The van der Waals surface area contributed by atoms with Crippen LogP contribution in [0, 0.1) is 5.92 Å². The number of nitrogens with zero attached hydrogens (tertiary/aromatic N) is 2. The molecule has 2 atom stereocenters. The number of benzene rings is 1. The van der Waals surface area contributed by atoms with E-state index in [-0.39, 0.29) is 30.3 Å². The van der Waals surface area contributed by atoms with Crippen LogP contribution in [0.2, 0.25) is 5.02 Å². The van der Waals surface area contributed by atoms with Crippen LogP contribution in [-0.2, 0) is 4.79 Å². The fraction of sp³-hybridized carbons (Fsp3) is 0.286. The topological polar surface area (TPSA) is 72.9 Å². The standard InChI is InChI=1S/C14H17ClN4O.ClH/c1-9(10(2)16)14(20)18-11-4-5-13(12(15)8-11)19-7-3-6-17-19;/h3-10H,16H2,1-2H3,(H,18,20);1H. The van der Waals surface area contributed by atoms with Gasteiger partial charge in [-0.15, -0.1) is 12.4 Å². The van der Waals surface area contributed by atoms with Crippen LogP contribution < -0.4 is 11.1 Å². The molecule has 0 saturated carbocycles. The van der Waals surface area contributed by atoms with Crippen LogP contribution in [0.15, 0.2) is 36.7 Å². The summed E-state index contributed by atoms with van der Waals surface area (Å²) < 4.78 is 1.67. The van der Waals surface area contributed by atoms with Crippen LogP contribution in [0.1, 0.15) is 13.8 Å². The highest BCUT2D eigenvalue weighted by molar-refractivity contribution is 6.32. The molecule has 5 nitrogen and oxygen atoms in total. The van der Waals surface area contributed by atoms with Crippen molar-refractivity contribution in [3.05, 3.63) is 41.7 Å². The highest BCUT2D eigenvalue weighted by Crippen LogP contribution is 2.24. The Morgan fingerprint density at radius 1 is 1.43 bits per heavy atom. The van der Waals surface area contributed by atoms with Crippen molar-refractivity contribution in [3.8, 4) is 5.69 Å². The average molecular weight is 329 g/mol. The normalized spacial score (nSPS) is 13.1. The minimum atomic E-state index is -0.264. The third kappa shape index (κ3) is 4.20. The molecule has 1 heterocycles. The molecule has 3 N–H and O–H groups in total. The predicted molar refractivity (Wildman–Crippen MR) is 87.3 cm³/mol. The molecule has 114 valence electrons. The highest BCUT2D eigenvalue weighted by Gasteiger charge is 2.17. The van der Waals surface area contributed by atoms with Crippen molar-refractivity contribution in [1.82, 2.24) is 9.78 Å². The summed E-state index contributed by atoms with van der Waals surface area (Å²) in [4.78, 5) is 11.9. The van der Waals surface area contributed by atoms with E-state index in [0.29, 0.717) is 10.7 Å². The van der Waals surface area contributed by atoms with Gasteiger partial charge in [0.1, 0.15) is 0 Å². The van der Waals surface area contributed by atoms with E-state index in [1.165, 1.54) is 0 Å². The number of aromatic nitrogens is 2. The number of halogens is 2. The first-order valence-corrected chi connectivity index (χ1v) is 6.73. The lowest BCUT2D eigenvalue weighted by atomic mass is 10.0. The van der Waals surface area contributed by atoms with Crippen molar-refractivity contribution in [1.29, 1.82) is 0 Å². The molecule has 0 saturated heterocycles. The van der Waals surface area contributed by atoms with Gasteiger partial charge in [0.15, 0.2) is 0 Å². The van der Waals surface area contributed by atoms with E-state index in [9.17, 15) is 4.79 Å². The Morgan fingerprint density at radius 3 is 2.67 bits per heavy atom. The van der Waals surface area contributed by atoms with Gasteiger partial charge in [-0.3, -0.25) is 4.79 Å². The zero-order chi connectivity index (χ0) is 14.7. The van der Waals surface area contributed by atoms with Crippen LogP contribution in [0.25, 0.3) is 5.69 Å². The second-order valence-corrected chi connectivity index (χ2v) is 5.16. The van der Waals surface area contributed by atoms with Crippen molar-refractivity contribution in [2.24, 2.45) is 11.7 Å². The molecule has 1 aromatic heterocycles. The highest BCUT2D eigenvalue weighted by atomic mass is 35.5. The van der Waals surface area contributed by atoms with Gasteiger partial charge in [-0.1, -0.05) is 18.5 Å². The number of carbonyl (C=O) groups is 1. The molecule has 2 aromatic rings. The van der Waals surface area contributed by atoms with E-state index >= 15 is 0 Å². The van der Waals surface area contributed by atoms with Crippen LogP contribution in [-0.4, -0.2) is 21.7 Å². The molecular formula is C14H18Cl2N4O. The molecule has 2 unspecified atom stereocenters. The summed E-state index contributed by atoms with van der Waals surface area (Å²) in [5.41, 5.74) is 7.11. The lowest BCUT2D eigenvalue weighted by molar-refractivity contribution is -0.119. The number of anilines is 1. The largest absolute Gasteiger partial charge is 0.327 e. The molecule has 0 fully saturated rings. The first-order chi connectivity index (χ1) is 9.49. The molecule has 7 heteroatoms. The first kappa shape index (κ1) is 17.5. The maximum absolute atomic E-state index is 11.9. The maximum Gasteiger partial charge on any atom is 0.228 e. The second-order valence-electron chi connectivity index (χ2n) is 4.75. The Morgan fingerprint density at radius 2 is 2.14 bits per heavy atom. The van der Waals surface area contributed by atoms with Crippen LogP contribution >= 0.6 is 24.0 Å². The minimum absolute atomic E-state index is 0. The molecule has 0 spiro atoms.